The lowest BCUT2D eigenvalue weighted by atomic mass is 9.80. The molecular formula is C20H24Cl2O4. The first-order chi connectivity index (χ1) is 12.4. The van der Waals surface area contributed by atoms with Crippen LogP contribution in [0.4, 0.5) is 0 Å². The minimum atomic E-state index is -0.0556. The zero-order valence-electron chi connectivity index (χ0n) is 14.4. The van der Waals surface area contributed by atoms with Crippen LogP contribution in [0.15, 0.2) is 36.4 Å². The molecule has 0 bridgehead atoms. The molecule has 0 spiro atoms. The molecule has 0 unspecified atom stereocenters. The molecule has 0 aromatic heterocycles. The van der Waals surface area contributed by atoms with Crippen LogP contribution in [0.2, 0.25) is 10.0 Å². The first-order valence-corrected chi connectivity index (χ1v) is 9.36. The third-order valence-electron chi connectivity index (χ3n) is 4.65. The minimum absolute atomic E-state index is 0.0148. The quantitative estimate of drug-likeness (QED) is 0.510. The molecular weight excluding hydrogens is 375 g/mol. The van der Waals surface area contributed by atoms with Crippen LogP contribution in [0.5, 0.6) is 11.5 Å². The average Bonchev–Trinajstić information content (AvgIpc) is 2.62. The Balaban J connectivity index is 2.17. The zero-order valence-corrected chi connectivity index (χ0v) is 15.9. The van der Waals surface area contributed by atoms with E-state index in [1.165, 1.54) is 0 Å². The molecule has 2 rings (SSSR count). The van der Waals surface area contributed by atoms with E-state index in [0.717, 1.165) is 17.5 Å². The largest absolute Gasteiger partial charge is 0.506 e. The van der Waals surface area contributed by atoms with Crippen molar-refractivity contribution in [1.29, 1.82) is 0 Å². The topological polar surface area (TPSA) is 80.9 Å². The number of aliphatic hydroxyl groups is 2. The number of hydrogen-bond acceptors (Lipinski definition) is 4. The molecule has 0 aliphatic rings. The Morgan fingerprint density at radius 3 is 1.69 bits per heavy atom. The fourth-order valence-electron chi connectivity index (χ4n) is 3.21. The van der Waals surface area contributed by atoms with Gasteiger partial charge in [-0.1, -0.05) is 35.3 Å². The Hall–Kier alpha value is -1.46. The van der Waals surface area contributed by atoms with Gasteiger partial charge in [-0.15, -0.1) is 0 Å². The van der Waals surface area contributed by atoms with Crippen LogP contribution in [-0.4, -0.2) is 33.6 Å². The van der Waals surface area contributed by atoms with Crippen LogP contribution in [0.3, 0.4) is 0 Å². The van der Waals surface area contributed by atoms with Gasteiger partial charge in [-0.2, -0.15) is 0 Å². The minimum Gasteiger partial charge on any atom is -0.506 e. The predicted molar refractivity (Wildman–Crippen MR) is 104 cm³/mol. The molecule has 2 aromatic carbocycles. The van der Waals surface area contributed by atoms with Crippen molar-refractivity contribution >= 4 is 23.2 Å². The van der Waals surface area contributed by atoms with E-state index in [0.29, 0.717) is 29.3 Å². The molecule has 0 aliphatic carbocycles. The highest BCUT2D eigenvalue weighted by atomic mass is 35.5. The van der Waals surface area contributed by atoms with Gasteiger partial charge in [0, 0.05) is 13.2 Å². The second-order valence-electron chi connectivity index (χ2n) is 6.55. The summed E-state index contributed by atoms with van der Waals surface area (Å²) in [6.45, 7) is 0.0707. The Morgan fingerprint density at radius 2 is 1.27 bits per heavy atom. The van der Waals surface area contributed by atoms with Crippen LogP contribution in [0.25, 0.3) is 0 Å². The highest BCUT2D eigenvalue weighted by Gasteiger charge is 2.22. The molecule has 0 saturated carbocycles. The lowest BCUT2D eigenvalue weighted by Crippen LogP contribution is -2.23. The van der Waals surface area contributed by atoms with E-state index in [-0.39, 0.29) is 36.5 Å². The van der Waals surface area contributed by atoms with Gasteiger partial charge in [0.1, 0.15) is 11.5 Å². The van der Waals surface area contributed by atoms with Gasteiger partial charge in [0.2, 0.25) is 0 Å². The molecule has 142 valence electrons. The summed E-state index contributed by atoms with van der Waals surface area (Å²) in [5.41, 5.74) is 1.81. The molecule has 0 fully saturated rings. The van der Waals surface area contributed by atoms with Gasteiger partial charge >= 0.3 is 0 Å². The smallest absolute Gasteiger partial charge is 0.134 e. The van der Waals surface area contributed by atoms with E-state index in [1.807, 2.05) is 12.1 Å². The lowest BCUT2D eigenvalue weighted by Gasteiger charge is -2.26. The molecule has 4 nitrogen and oxygen atoms in total. The number of benzene rings is 2. The van der Waals surface area contributed by atoms with Gasteiger partial charge in [0.05, 0.1) is 10.0 Å². The molecule has 0 saturated heterocycles. The van der Waals surface area contributed by atoms with Gasteiger partial charge < -0.3 is 20.4 Å². The Bertz CT molecular complexity index is 721. The van der Waals surface area contributed by atoms with E-state index in [4.69, 9.17) is 23.2 Å². The van der Waals surface area contributed by atoms with Crippen molar-refractivity contribution in [2.75, 3.05) is 13.2 Å². The number of aliphatic hydroxyl groups excluding tert-OH is 2. The van der Waals surface area contributed by atoms with Crippen molar-refractivity contribution in [3.63, 3.8) is 0 Å². The maximum Gasteiger partial charge on any atom is 0.134 e. The number of hydrogen-bond donors (Lipinski definition) is 4. The van der Waals surface area contributed by atoms with E-state index in [9.17, 15) is 20.4 Å². The van der Waals surface area contributed by atoms with Crippen LogP contribution in [0, 0.1) is 11.8 Å². The molecule has 0 radical (unpaired) electrons. The summed E-state index contributed by atoms with van der Waals surface area (Å²) < 4.78 is 0. The summed E-state index contributed by atoms with van der Waals surface area (Å²) in [6.07, 6.45) is 2.60. The maximum absolute atomic E-state index is 9.94. The molecule has 0 amide bonds. The third kappa shape index (κ3) is 5.78. The number of phenolic OH excluding ortho intramolecular Hbond substituents is 2. The standard InChI is InChI=1S/C20H24Cl2O4/c21-17-5-3-13(10-19(17)25)8-15(2-1-7-23)16(12-24)9-14-4-6-18(22)20(26)11-14/h3-6,10-11,15-16,23-26H,1-2,7-9,12H2/t15-,16+/m1/s1. The number of phenols is 2. The molecule has 6 heteroatoms. The van der Waals surface area contributed by atoms with Crippen LogP contribution < -0.4 is 0 Å². The molecule has 0 heterocycles. The molecule has 0 aliphatic heterocycles. The van der Waals surface area contributed by atoms with Crippen molar-refractivity contribution in [2.45, 2.75) is 25.7 Å². The molecule has 2 aromatic rings. The Labute approximate surface area is 163 Å². The van der Waals surface area contributed by atoms with E-state index in [1.54, 1.807) is 24.3 Å². The summed E-state index contributed by atoms with van der Waals surface area (Å²) in [5, 5.41) is 39.3. The Morgan fingerprint density at radius 1 is 0.769 bits per heavy atom. The van der Waals surface area contributed by atoms with Gasteiger partial charge in [-0.3, -0.25) is 0 Å². The fourth-order valence-corrected chi connectivity index (χ4v) is 3.45. The summed E-state index contributed by atoms with van der Waals surface area (Å²) in [7, 11) is 0. The highest BCUT2D eigenvalue weighted by molar-refractivity contribution is 6.32. The van der Waals surface area contributed by atoms with Crippen LogP contribution >= 0.6 is 23.2 Å². The third-order valence-corrected chi connectivity index (χ3v) is 5.29. The normalized spacial score (nSPS) is 13.5. The van der Waals surface area contributed by atoms with Crippen molar-refractivity contribution in [3.8, 4) is 11.5 Å². The van der Waals surface area contributed by atoms with Crippen molar-refractivity contribution in [2.24, 2.45) is 11.8 Å². The number of aromatic hydroxyl groups is 2. The first kappa shape index (κ1) is 20.8. The van der Waals surface area contributed by atoms with Gasteiger partial charge in [0.25, 0.3) is 0 Å². The summed E-state index contributed by atoms with van der Waals surface area (Å²) in [5.74, 6) is 0.106. The van der Waals surface area contributed by atoms with Crippen LogP contribution in [0.1, 0.15) is 24.0 Å². The SMILES string of the molecule is OCCC[C@H](Cc1ccc(Cl)c(O)c1)[C@H](CO)Cc1ccc(Cl)c(O)c1. The van der Waals surface area contributed by atoms with Crippen molar-refractivity contribution < 1.29 is 20.4 Å². The second kappa shape index (κ2) is 10.0. The number of rotatable bonds is 9. The predicted octanol–water partition coefficient (Wildman–Crippen LogP) is 4.19. The highest BCUT2D eigenvalue weighted by Crippen LogP contribution is 2.31. The maximum atomic E-state index is 9.94. The first-order valence-electron chi connectivity index (χ1n) is 8.61. The fraction of sp³-hybridized carbons (Fsp3) is 0.400. The van der Waals surface area contributed by atoms with E-state index < -0.39 is 0 Å². The summed E-state index contributed by atoms with van der Waals surface area (Å²) >= 11 is 11.7. The van der Waals surface area contributed by atoms with Gasteiger partial charge in [-0.05, 0) is 72.9 Å². The van der Waals surface area contributed by atoms with Crippen molar-refractivity contribution in [3.05, 3.63) is 57.6 Å². The van der Waals surface area contributed by atoms with E-state index in [2.05, 4.69) is 0 Å². The lowest BCUT2D eigenvalue weighted by molar-refractivity contribution is 0.158. The zero-order chi connectivity index (χ0) is 19.1. The summed E-state index contributed by atoms with van der Waals surface area (Å²) in [6, 6.07) is 10.2. The van der Waals surface area contributed by atoms with Gasteiger partial charge in [-0.25, -0.2) is 0 Å². The monoisotopic (exact) mass is 398 g/mol. The van der Waals surface area contributed by atoms with E-state index >= 15 is 0 Å². The molecule has 2 atom stereocenters. The number of halogens is 2. The van der Waals surface area contributed by atoms with Crippen LogP contribution in [-0.2, 0) is 12.8 Å². The molecule has 4 N–H and O–H groups in total. The van der Waals surface area contributed by atoms with Crippen molar-refractivity contribution in [1.82, 2.24) is 0 Å². The Kier molecular flexibility index (Phi) is 8.04. The second-order valence-corrected chi connectivity index (χ2v) is 7.36. The van der Waals surface area contributed by atoms with Gasteiger partial charge in [0.15, 0.2) is 0 Å². The summed E-state index contributed by atoms with van der Waals surface area (Å²) in [4.78, 5) is 0. The average molecular weight is 399 g/mol. The molecule has 26 heavy (non-hydrogen) atoms.